The zero-order chi connectivity index (χ0) is 11.4. The molecule has 0 aliphatic rings. The Labute approximate surface area is 119 Å². The molecule has 0 atom stereocenters. The number of rotatable bonds is 2. The van der Waals surface area contributed by atoms with E-state index in [1.807, 2.05) is 0 Å². The Morgan fingerprint density at radius 2 is 1.81 bits per heavy atom. The standard InChI is InChI=1S/C8H13O5P.2Li/c1-4-5-6-8(2,3)13-7(9)14(10,11)12;;/h4H2,1-3H3,(H2,10,11,12);;/q;2*+1/p-2. The molecule has 0 saturated carbocycles. The van der Waals surface area contributed by atoms with Gasteiger partial charge in [-0.2, -0.15) is 0 Å². The van der Waals surface area contributed by atoms with Crippen molar-refractivity contribution < 1.29 is 61.6 Å². The Morgan fingerprint density at radius 3 is 2.12 bits per heavy atom. The average Bonchev–Trinajstić information content (AvgIpc) is 1.98. The summed E-state index contributed by atoms with van der Waals surface area (Å²) in [5.74, 6) is 5.14. The molecular weight excluding hydrogens is 221 g/mol. The summed E-state index contributed by atoms with van der Waals surface area (Å²) in [5, 5.41) is 0. The molecule has 5 nitrogen and oxygen atoms in total. The molecule has 16 heavy (non-hydrogen) atoms. The van der Waals surface area contributed by atoms with Crippen LogP contribution >= 0.6 is 7.60 Å². The normalized spacial score (nSPS) is 10.1. The average molecular weight is 232 g/mol. The summed E-state index contributed by atoms with van der Waals surface area (Å²) >= 11 is 0. The Balaban J connectivity index is -0.000000845. The molecule has 0 spiro atoms. The molecule has 0 rings (SSSR count). The summed E-state index contributed by atoms with van der Waals surface area (Å²) in [6.45, 7) is 4.60. The van der Waals surface area contributed by atoms with Crippen molar-refractivity contribution in [2.45, 2.75) is 32.8 Å². The van der Waals surface area contributed by atoms with Crippen LogP contribution in [0.3, 0.4) is 0 Å². The van der Waals surface area contributed by atoms with Crippen LogP contribution in [0.5, 0.6) is 0 Å². The predicted octanol–water partition coefficient (Wildman–Crippen LogP) is -5.76. The van der Waals surface area contributed by atoms with Gasteiger partial charge in [0.25, 0.3) is 0 Å². The molecule has 0 fully saturated rings. The van der Waals surface area contributed by atoms with E-state index >= 15 is 0 Å². The van der Waals surface area contributed by atoms with Crippen molar-refractivity contribution >= 4 is 13.3 Å². The van der Waals surface area contributed by atoms with Crippen molar-refractivity contribution in [1.29, 1.82) is 0 Å². The molecule has 0 unspecified atom stereocenters. The third kappa shape index (κ3) is 9.59. The summed E-state index contributed by atoms with van der Waals surface area (Å²) in [4.78, 5) is 31.1. The number of carbonyl (C=O) groups is 1. The molecular formula is C8H11Li2O5P. The van der Waals surface area contributed by atoms with Gasteiger partial charge in [0.05, 0.1) is 0 Å². The van der Waals surface area contributed by atoms with Crippen molar-refractivity contribution in [2.75, 3.05) is 0 Å². The van der Waals surface area contributed by atoms with Crippen LogP contribution in [0.1, 0.15) is 27.2 Å². The SMILES string of the molecule is CCC#CC(C)(C)OC(=O)P(=O)([O-])[O-].[Li+].[Li+]. The van der Waals surface area contributed by atoms with Crippen LogP contribution in [0.15, 0.2) is 0 Å². The zero-order valence-corrected chi connectivity index (χ0v) is 11.1. The van der Waals surface area contributed by atoms with Gasteiger partial charge in [-0.25, -0.2) is 4.79 Å². The largest absolute Gasteiger partial charge is 1.00 e. The summed E-state index contributed by atoms with van der Waals surface area (Å²) < 4.78 is 14.6. The summed E-state index contributed by atoms with van der Waals surface area (Å²) in [6, 6.07) is 0. The van der Waals surface area contributed by atoms with E-state index in [0.29, 0.717) is 6.42 Å². The van der Waals surface area contributed by atoms with Crippen molar-refractivity contribution in [3.8, 4) is 11.8 Å². The van der Waals surface area contributed by atoms with E-state index in [-0.39, 0.29) is 37.7 Å². The van der Waals surface area contributed by atoms with Crippen LogP contribution in [0.2, 0.25) is 0 Å². The van der Waals surface area contributed by atoms with Gasteiger partial charge in [-0.05, 0) is 13.8 Å². The second-order valence-electron chi connectivity index (χ2n) is 3.03. The predicted molar refractivity (Wildman–Crippen MR) is 46.2 cm³/mol. The second kappa shape index (κ2) is 8.46. The smallest absolute Gasteiger partial charge is 0.803 e. The van der Waals surface area contributed by atoms with E-state index in [0.717, 1.165) is 0 Å². The molecule has 0 radical (unpaired) electrons. The van der Waals surface area contributed by atoms with Crippen LogP contribution in [0.25, 0.3) is 0 Å². The van der Waals surface area contributed by atoms with Gasteiger partial charge < -0.3 is 19.1 Å². The molecule has 0 aromatic rings. The Morgan fingerprint density at radius 1 is 1.38 bits per heavy atom. The van der Waals surface area contributed by atoms with Crippen LogP contribution < -0.4 is 47.5 Å². The molecule has 0 bridgehead atoms. The van der Waals surface area contributed by atoms with Crippen molar-refractivity contribution in [3.05, 3.63) is 0 Å². The van der Waals surface area contributed by atoms with Crippen LogP contribution in [0, 0.1) is 11.8 Å². The van der Waals surface area contributed by atoms with Gasteiger partial charge in [0.1, 0.15) is 0 Å². The van der Waals surface area contributed by atoms with Crippen molar-refractivity contribution in [3.63, 3.8) is 0 Å². The summed E-state index contributed by atoms with van der Waals surface area (Å²) in [5.41, 5.74) is -3.02. The van der Waals surface area contributed by atoms with Crippen molar-refractivity contribution in [1.82, 2.24) is 0 Å². The van der Waals surface area contributed by atoms with Gasteiger partial charge >= 0.3 is 43.4 Å². The van der Waals surface area contributed by atoms with E-state index < -0.39 is 18.9 Å². The van der Waals surface area contributed by atoms with Crippen LogP contribution in [0.4, 0.5) is 4.79 Å². The monoisotopic (exact) mass is 232 g/mol. The molecule has 0 amide bonds. The van der Waals surface area contributed by atoms with Gasteiger partial charge in [-0.1, -0.05) is 18.8 Å². The maximum atomic E-state index is 10.7. The number of carbonyl (C=O) groups excluding carboxylic acids is 1. The maximum absolute atomic E-state index is 10.7. The van der Waals surface area contributed by atoms with Crippen LogP contribution in [-0.2, 0) is 9.30 Å². The first-order chi connectivity index (χ1) is 6.19. The third-order valence-corrected chi connectivity index (χ3v) is 1.67. The number of hydrogen-bond donors (Lipinski definition) is 0. The number of ether oxygens (including phenoxy) is 1. The fraction of sp³-hybridized carbons (Fsp3) is 0.625. The minimum Gasteiger partial charge on any atom is -0.803 e. The Hall–Kier alpha value is 0.375. The topological polar surface area (TPSA) is 89.5 Å². The fourth-order valence-corrected chi connectivity index (χ4v) is 0.941. The summed E-state index contributed by atoms with van der Waals surface area (Å²) in [7, 11) is -5.31. The Kier molecular flexibility index (Phi) is 11.4. The van der Waals surface area contributed by atoms with Gasteiger partial charge in [-0.15, -0.1) is 0 Å². The molecule has 8 heteroatoms. The quantitative estimate of drug-likeness (QED) is 0.269. The molecule has 80 valence electrons. The molecule has 0 aliphatic heterocycles. The molecule has 0 aromatic heterocycles. The first-order valence-corrected chi connectivity index (χ1v) is 5.49. The van der Waals surface area contributed by atoms with Crippen LogP contribution in [-0.4, -0.2) is 11.3 Å². The van der Waals surface area contributed by atoms with E-state index in [4.69, 9.17) is 0 Å². The van der Waals surface area contributed by atoms with Crippen molar-refractivity contribution in [2.24, 2.45) is 0 Å². The molecule has 0 aliphatic carbocycles. The van der Waals surface area contributed by atoms with Gasteiger partial charge in [0.15, 0.2) is 5.60 Å². The van der Waals surface area contributed by atoms with Gasteiger partial charge in [0.2, 0.25) is 0 Å². The zero-order valence-electron chi connectivity index (χ0n) is 10.2. The van der Waals surface area contributed by atoms with E-state index in [1.54, 1.807) is 6.92 Å². The minimum atomic E-state index is -5.31. The molecule has 0 saturated heterocycles. The van der Waals surface area contributed by atoms with Gasteiger partial charge in [0, 0.05) is 14.0 Å². The maximum Gasteiger partial charge on any atom is 1.00 e. The first-order valence-electron chi connectivity index (χ1n) is 3.94. The Bertz CT molecular complexity index is 325. The molecule has 0 heterocycles. The summed E-state index contributed by atoms with van der Waals surface area (Å²) in [6.07, 6.45) is 0.549. The first kappa shape index (κ1) is 21.6. The van der Waals surface area contributed by atoms with E-state index in [1.165, 1.54) is 13.8 Å². The molecule has 0 N–H and O–H groups in total. The third-order valence-electron chi connectivity index (χ3n) is 1.13. The number of hydrogen-bond acceptors (Lipinski definition) is 5. The van der Waals surface area contributed by atoms with Gasteiger partial charge in [-0.3, -0.25) is 0 Å². The second-order valence-corrected chi connectivity index (χ2v) is 4.39. The fourth-order valence-electron chi connectivity index (χ4n) is 0.601. The van der Waals surface area contributed by atoms with E-state index in [9.17, 15) is 19.1 Å². The van der Waals surface area contributed by atoms with E-state index in [2.05, 4.69) is 16.6 Å². The molecule has 0 aromatic carbocycles. The minimum absolute atomic E-state index is 0.